The van der Waals surface area contributed by atoms with Crippen molar-refractivity contribution < 1.29 is 18.0 Å². The van der Waals surface area contributed by atoms with Gasteiger partial charge in [0.15, 0.2) is 9.84 Å². The van der Waals surface area contributed by atoms with Gasteiger partial charge in [-0.05, 0) is 61.4 Å². The number of fused-ring (bicyclic) bond motifs is 1. The predicted molar refractivity (Wildman–Crippen MR) is 127 cm³/mol. The van der Waals surface area contributed by atoms with Crippen molar-refractivity contribution in [3.05, 3.63) is 69.1 Å². The number of carbonyl (C=O) groups is 2. The Balaban J connectivity index is 1.28. The lowest BCUT2D eigenvalue weighted by Gasteiger charge is -2.32. The largest absolute Gasteiger partial charge is 0.348 e. The second kappa shape index (κ2) is 8.64. The fourth-order valence-electron chi connectivity index (χ4n) is 4.60. The molecule has 0 radical (unpaired) electrons. The van der Waals surface area contributed by atoms with Crippen molar-refractivity contribution in [3.8, 4) is 6.07 Å². The number of sulfone groups is 1. The molecule has 2 amide bonds. The highest BCUT2D eigenvalue weighted by molar-refractivity contribution is 7.93. The Labute approximate surface area is 203 Å². The molecule has 0 saturated heterocycles. The quantitative estimate of drug-likeness (QED) is 0.592. The van der Waals surface area contributed by atoms with Crippen LogP contribution in [-0.2, 0) is 22.9 Å². The summed E-state index contributed by atoms with van der Waals surface area (Å²) >= 11 is 0. The number of pyridine rings is 1. The van der Waals surface area contributed by atoms with Gasteiger partial charge < -0.3 is 14.8 Å². The Morgan fingerprint density at radius 1 is 1.09 bits per heavy atom. The van der Waals surface area contributed by atoms with Gasteiger partial charge in [-0.1, -0.05) is 12.1 Å². The van der Waals surface area contributed by atoms with Gasteiger partial charge in [-0.3, -0.25) is 14.4 Å². The summed E-state index contributed by atoms with van der Waals surface area (Å²) in [5.41, 5.74) is 0.858. The van der Waals surface area contributed by atoms with E-state index in [0.717, 1.165) is 18.4 Å². The summed E-state index contributed by atoms with van der Waals surface area (Å²) in [5.74, 6) is -0.472. The van der Waals surface area contributed by atoms with Crippen LogP contribution in [0.5, 0.6) is 0 Å². The third kappa shape index (κ3) is 4.48. The molecule has 0 spiro atoms. The highest BCUT2D eigenvalue weighted by Crippen LogP contribution is 2.47. The Bertz CT molecular complexity index is 1400. The van der Waals surface area contributed by atoms with Crippen LogP contribution < -0.4 is 10.9 Å². The van der Waals surface area contributed by atoms with E-state index in [2.05, 4.69) is 5.32 Å². The summed E-state index contributed by atoms with van der Waals surface area (Å²) in [6.45, 7) is 0.774. The standard InChI is InChI=1S/C25H26N4O5S/c26-13-17-1-3-18(4-2-17)14-27-22(30)20-7-8-21-24(32)28(11-12-29(21)23(20)31)16-25(9-10-25)35(33,34)15-19-5-6-19/h1-4,7-8,19H,5-6,9-12,14-16H2,(H,27,30). The molecule has 0 bridgehead atoms. The predicted octanol–water partition coefficient (Wildman–Crippen LogP) is 1.46. The molecule has 1 aromatic heterocycles. The molecule has 3 aliphatic rings. The maximum atomic E-state index is 13.1. The van der Waals surface area contributed by atoms with Crippen LogP contribution in [0, 0.1) is 17.2 Å². The van der Waals surface area contributed by atoms with E-state index in [0.29, 0.717) is 18.4 Å². The summed E-state index contributed by atoms with van der Waals surface area (Å²) in [7, 11) is -3.28. The van der Waals surface area contributed by atoms with Gasteiger partial charge in [0, 0.05) is 26.2 Å². The molecule has 0 unspecified atom stereocenters. The molecule has 5 rings (SSSR count). The molecule has 2 heterocycles. The summed E-state index contributed by atoms with van der Waals surface area (Å²) in [6.07, 6.45) is 3.04. The Morgan fingerprint density at radius 2 is 1.80 bits per heavy atom. The van der Waals surface area contributed by atoms with Crippen LogP contribution in [0.2, 0.25) is 0 Å². The summed E-state index contributed by atoms with van der Waals surface area (Å²) in [6, 6.07) is 11.6. The fraction of sp³-hybridized carbons (Fsp3) is 0.440. The number of carbonyl (C=O) groups excluding carboxylic acids is 2. The molecule has 0 atom stereocenters. The van der Waals surface area contributed by atoms with Gasteiger partial charge in [0.25, 0.3) is 17.4 Å². The van der Waals surface area contributed by atoms with Crippen LogP contribution >= 0.6 is 0 Å². The Kier molecular flexibility index (Phi) is 5.75. The van der Waals surface area contributed by atoms with E-state index in [-0.39, 0.29) is 55.0 Å². The van der Waals surface area contributed by atoms with Crippen LogP contribution in [0.15, 0.2) is 41.2 Å². The zero-order chi connectivity index (χ0) is 24.8. The molecule has 9 nitrogen and oxygen atoms in total. The van der Waals surface area contributed by atoms with E-state index in [9.17, 15) is 22.8 Å². The Hall–Kier alpha value is -3.45. The zero-order valence-corrected chi connectivity index (χ0v) is 20.0. The van der Waals surface area contributed by atoms with Gasteiger partial charge >= 0.3 is 0 Å². The van der Waals surface area contributed by atoms with E-state index in [1.54, 1.807) is 24.3 Å². The second-order valence-electron chi connectivity index (χ2n) is 9.71. The average molecular weight is 495 g/mol. The number of benzene rings is 1. The fourth-order valence-corrected chi connectivity index (χ4v) is 6.98. The first-order valence-electron chi connectivity index (χ1n) is 11.8. The minimum Gasteiger partial charge on any atom is -0.348 e. The first kappa shape index (κ1) is 23.3. The molecule has 2 aliphatic carbocycles. The number of hydrogen-bond acceptors (Lipinski definition) is 6. The van der Waals surface area contributed by atoms with Crippen molar-refractivity contribution in [1.29, 1.82) is 5.26 Å². The van der Waals surface area contributed by atoms with Crippen LogP contribution in [-0.4, -0.2) is 53.3 Å². The molecule has 1 aliphatic heterocycles. The number of rotatable bonds is 8. The molecule has 35 heavy (non-hydrogen) atoms. The molecular formula is C25H26N4O5S. The van der Waals surface area contributed by atoms with Gasteiger partial charge in [0.05, 0.1) is 22.1 Å². The number of hydrogen-bond donors (Lipinski definition) is 1. The molecule has 1 N–H and O–H groups in total. The van der Waals surface area contributed by atoms with Gasteiger partial charge in [0.1, 0.15) is 11.3 Å². The van der Waals surface area contributed by atoms with Gasteiger partial charge in [-0.15, -0.1) is 0 Å². The highest BCUT2D eigenvalue weighted by Gasteiger charge is 2.56. The van der Waals surface area contributed by atoms with Gasteiger partial charge in [-0.2, -0.15) is 5.26 Å². The topological polar surface area (TPSA) is 129 Å². The van der Waals surface area contributed by atoms with E-state index >= 15 is 0 Å². The maximum absolute atomic E-state index is 13.1. The van der Waals surface area contributed by atoms with Crippen molar-refractivity contribution in [2.24, 2.45) is 5.92 Å². The Morgan fingerprint density at radius 3 is 2.43 bits per heavy atom. The smallest absolute Gasteiger partial charge is 0.270 e. The normalized spacial score (nSPS) is 18.5. The van der Waals surface area contributed by atoms with Crippen molar-refractivity contribution in [3.63, 3.8) is 0 Å². The maximum Gasteiger partial charge on any atom is 0.270 e. The minimum absolute atomic E-state index is 0.0608. The highest BCUT2D eigenvalue weighted by atomic mass is 32.2. The number of aromatic nitrogens is 1. The first-order valence-corrected chi connectivity index (χ1v) is 13.4. The van der Waals surface area contributed by atoms with Crippen molar-refractivity contribution >= 4 is 21.7 Å². The van der Waals surface area contributed by atoms with E-state index in [1.807, 2.05) is 6.07 Å². The molecule has 2 aromatic rings. The summed E-state index contributed by atoms with van der Waals surface area (Å²) < 4.78 is 26.3. The van der Waals surface area contributed by atoms with Crippen molar-refractivity contribution in [2.75, 3.05) is 18.8 Å². The van der Waals surface area contributed by atoms with E-state index in [4.69, 9.17) is 5.26 Å². The lowest BCUT2D eigenvalue weighted by atomic mass is 10.1. The van der Waals surface area contributed by atoms with E-state index < -0.39 is 26.1 Å². The SMILES string of the molecule is N#Cc1ccc(CNC(=O)c2ccc3n(c2=O)CCN(CC2(S(=O)(=O)CC4CC4)CC2)C3=O)cc1. The van der Waals surface area contributed by atoms with Gasteiger partial charge in [-0.25, -0.2) is 8.42 Å². The number of amides is 2. The summed E-state index contributed by atoms with van der Waals surface area (Å²) in [5, 5.41) is 11.6. The third-order valence-electron chi connectivity index (χ3n) is 7.15. The first-order chi connectivity index (χ1) is 16.7. The van der Waals surface area contributed by atoms with Gasteiger partial charge in [0.2, 0.25) is 0 Å². The van der Waals surface area contributed by atoms with Crippen LogP contribution in [0.25, 0.3) is 0 Å². The van der Waals surface area contributed by atoms with Crippen molar-refractivity contribution in [2.45, 2.75) is 43.5 Å². The average Bonchev–Trinajstić information content (AvgIpc) is 3.77. The monoisotopic (exact) mass is 494 g/mol. The molecule has 1 aromatic carbocycles. The number of nitriles is 1. The molecular weight excluding hydrogens is 468 g/mol. The van der Waals surface area contributed by atoms with E-state index in [1.165, 1.54) is 21.6 Å². The second-order valence-corrected chi connectivity index (χ2v) is 12.1. The zero-order valence-electron chi connectivity index (χ0n) is 19.2. The lowest BCUT2D eigenvalue weighted by molar-refractivity contribution is 0.0695. The van der Waals surface area contributed by atoms with Crippen LogP contribution in [0.3, 0.4) is 0 Å². The molecule has 2 saturated carbocycles. The van der Waals surface area contributed by atoms with Crippen LogP contribution in [0.1, 0.15) is 57.7 Å². The summed E-state index contributed by atoms with van der Waals surface area (Å²) in [4.78, 5) is 40.3. The molecule has 10 heteroatoms. The van der Waals surface area contributed by atoms with Crippen LogP contribution in [0.4, 0.5) is 0 Å². The minimum atomic E-state index is -3.28. The third-order valence-corrected chi connectivity index (χ3v) is 9.92. The molecule has 2 fully saturated rings. The van der Waals surface area contributed by atoms with Crippen molar-refractivity contribution in [1.82, 2.24) is 14.8 Å². The number of nitrogens with one attached hydrogen (secondary N) is 1. The number of nitrogens with zero attached hydrogens (tertiary/aromatic N) is 3. The molecule has 182 valence electrons. The lowest BCUT2D eigenvalue weighted by Crippen LogP contribution is -2.50.